The number of amides is 1. The SMILES string of the molecule is N#CN1CCCC(n2cc(-c3ccc(C(=O)Nc4cc(C(F)(F)F)ccn4)cc3)c3c(N)ncnc32)C1. The van der Waals surface area contributed by atoms with Gasteiger partial charge in [-0.05, 0) is 42.7 Å². The standard InChI is InChI=1S/C25H21F3N8O/c26-25(27,28)17-7-8-31-20(10-17)34-24(37)16-5-3-15(4-6-16)19-12-36(18-2-1-9-35(11-18)13-29)23-21(19)22(30)32-14-33-23/h3-8,10,12,14,18H,1-2,9,11H2,(H2,30,32,33)(H,31,34,37). The highest BCUT2D eigenvalue weighted by Gasteiger charge is 2.31. The van der Waals surface area contributed by atoms with Crippen LogP contribution < -0.4 is 11.1 Å². The predicted octanol–water partition coefficient (Wildman–Crippen LogP) is 4.46. The second-order valence-electron chi connectivity index (χ2n) is 8.71. The van der Waals surface area contributed by atoms with Gasteiger partial charge in [0.25, 0.3) is 5.91 Å². The Morgan fingerprint density at radius 1 is 1.16 bits per heavy atom. The van der Waals surface area contributed by atoms with Gasteiger partial charge in [0.2, 0.25) is 0 Å². The summed E-state index contributed by atoms with van der Waals surface area (Å²) >= 11 is 0. The fraction of sp³-hybridized carbons (Fsp3) is 0.240. The van der Waals surface area contributed by atoms with Crippen molar-refractivity contribution < 1.29 is 18.0 Å². The molecule has 0 bridgehead atoms. The first-order valence-corrected chi connectivity index (χ1v) is 11.5. The molecule has 5 rings (SSSR count). The number of benzene rings is 1. The number of pyridine rings is 1. The maximum atomic E-state index is 13.0. The molecule has 4 heterocycles. The number of carbonyl (C=O) groups excluding carboxylic acids is 1. The monoisotopic (exact) mass is 506 g/mol. The first-order valence-electron chi connectivity index (χ1n) is 11.5. The number of hydrogen-bond donors (Lipinski definition) is 2. The van der Waals surface area contributed by atoms with Crippen molar-refractivity contribution in [3.63, 3.8) is 0 Å². The number of nitrogens with one attached hydrogen (secondary N) is 1. The molecule has 0 aliphatic carbocycles. The maximum absolute atomic E-state index is 13.0. The second-order valence-corrected chi connectivity index (χ2v) is 8.71. The molecule has 1 aliphatic rings. The summed E-state index contributed by atoms with van der Waals surface area (Å²) in [4.78, 5) is 26.8. The average Bonchev–Trinajstić information content (AvgIpc) is 3.29. The molecule has 0 saturated carbocycles. The maximum Gasteiger partial charge on any atom is 0.416 e. The molecule has 1 aromatic carbocycles. The molecule has 3 aromatic heterocycles. The van der Waals surface area contributed by atoms with E-state index < -0.39 is 17.6 Å². The highest BCUT2D eigenvalue weighted by atomic mass is 19.4. The fourth-order valence-corrected chi connectivity index (χ4v) is 4.54. The van der Waals surface area contributed by atoms with Crippen LogP contribution in [-0.2, 0) is 6.18 Å². The largest absolute Gasteiger partial charge is 0.416 e. The first kappa shape index (κ1) is 24.1. The van der Waals surface area contributed by atoms with Gasteiger partial charge in [-0.2, -0.15) is 18.4 Å². The van der Waals surface area contributed by atoms with Crippen LogP contribution in [0, 0.1) is 11.5 Å². The average molecular weight is 506 g/mol. The van der Waals surface area contributed by atoms with E-state index in [1.54, 1.807) is 29.2 Å². The van der Waals surface area contributed by atoms with Gasteiger partial charge in [-0.15, -0.1) is 0 Å². The minimum absolute atomic E-state index is 0.0314. The number of halogens is 3. The summed E-state index contributed by atoms with van der Waals surface area (Å²) in [5.74, 6) is -0.484. The lowest BCUT2D eigenvalue weighted by atomic mass is 10.0. The lowest BCUT2D eigenvalue weighted by molar-refractivity contribution is -0.137. The van der Waals surface area contributed by atoms with E-state index in [4.69, 9.17) is 5.73 Å². The van der Waals surface area contributed by atoms with E-state index >= 15 is 0 Å². The van der Waals surface area contributed by atoms with Gasteiger partial charge < -0.3 is 20.5 Å². The normalized spacial score (nSPS) is 15.9. The minimum Gasteiger partial charge on any atom is -0.383 e. The van der Waals surface area contributed by atoms with E-state index in [0.717, 1.165) is 48.8 Å². The van der Waals surface area contributed by atoms with Crippen LogP contribution in [0.5, 0.6) is 0 Å². The number of fused-ring (bicyclic) bond motifs is 1. The number of anilines is 2. The highest BCUT2D eigenvalue weighted by molar-refractivity contribution is 6.05. The molecule has 0 spiro atoms. The Labute approximate surface area is 209 Å². The summed E-state index contributed by atoms with van der Waals surface area (Å²) in [5, 5.41) is 12.4. The zero-order chi connectivity index (χ0) is 26.2. The molecule has 188 valence electrons. The molecule has 1 fully saturated rings. The van der Waals surface area contributed by atoms with Crippen LogP contribution in [0.2, 0.25) is 0 Å². The number of aromatic nitrogens is 4. The highest BCUT2D eigenvalue weighted by Crippen LogP contribution is 2.36. The number of nitrogens with two attached hydrogens (primary N) is 1. The van der Waals surface area contributed by atoms with Gasteiger partial charge in [-0.1, -0.05) is 12.1 Å². The third kappa shape index (κ3) is 4.75. The van der Waals surface area contributed by atoms with Crippen molar-refractivity contribution >= 4 is 28.6 Å². The number of likely N-dealkylation sites (tertiary alicyclic amines) is 1. The number of nitrogen functional groups attached to an aromatic ring is 1. The number of nitrogens with zero attached hydrogens (tertiary/aromatic N) is 6. The first-order chi connectivity index (χ1) is 17.7. The van der Waals surface area contributed by atoms with Crippen LogP contribution in [0.25, 0.3) is 22.2 Å². The molecule has 4 aromatic rings. The molecule has 0 radical (unpaired) electrons. The summed E-state index contributed by atoms with van der Waals surface area (Å²) in [6.07, 6.45) is 3.75. The van der Waals surface area contributed by atoms with Crippen molar-refractivity contribution in [3.05, 3.63) is 66.2 Å². The molecule has 3 N–H and O–H groups in total. The summed E-state index contributed by atoms with van der Waals surface area (Å²) < 4.78 is 40.9. The second kappa shape index (κ2) is 9.42. The third-order valence-corrected chi connectivity index (χ3v) is 6.36. The molecular weight excluding hydrogens is 485 g/mol. The van der Waals surface area contributed by atoms with Crippen molar-refractivity contribution in [2.24, 2.45) is 0 Å². The van der Waals surface area contributed by atoms with Crippen molar-refractivity contribution in [3.8, 4) is 17.3 Å². The molecule has 12 heteroatoms. The van der Waals surface area contributed by atoms with Gasteiger partial charge in [-0.3, -0.25) is 4.79 Å². The number of nitriles is 1. The van der Waals surface area contributed by atoms with Gasteiger partial charge in [-0.25, -0.2) is 15.0 Å². The molecular formula is C25H21F3N8O. The van der Waals surface area contributed by atoms with Gasteiger partial charge in [0.1, 0.15) is 23.6 Å². The van der Waals surface area contributed by atoms with Gasteiger partial charge in [0, 0.05) is 36.6 Å². The molecule has 1 aliphatic heterocycles. The van der Waals surface area contributed by atoms with Crippen molar-refractivity contribution in [2.45, 2.75) is 25.1 Å². The number of rotatable bonds is 4. The number of alkyl halides is 3. The van der Waals surface area contributed by atoms with E-state index in [1.165, 1.54) is 6.33 Å². The zero-order valence-electron chi connectivity index (χ0n) is 19.4. The van der Waals surface area contributed by atoms with Crippen LogP contribution >= 0.6 is 0 Å². The topological polar surface area (TPSA) is 126 Å². The Hall–Kier alpha value is -4.66. The van der Waals surface area contributed by atoms with E-state index in [1.807, 2.05) is 10.8 Å². The number of hydrogen-bond acceptors (Lipinski definition) is 7. The molecule has 1 unspecified atom stereocenters. The molecule has 1 atom stereocenters. The Balaban J connectivity index is 1.43. The van der Waals surface area contributed by atoms with Crippen LogP contribution in [0.15, 0.2) is 55.1 Å². The lowest BCUT2D eigenvalue weighted by Gasteiger charge is -2.30. The Bertz CT molecular complexity index is 1510. The quantitative estimate of drug-likeness (QED) is 0.391. The Morgan fingerprint density at radius 2 is 1.95 bits per heavy atom. The van der Waals surface area contributed by atoms with Crippen LogP contribution in [0.3, 0.4) is 0 Å². The Morgan fingerprint density at radius 3 is 2.68 bits per heavy atom. The van der Waals surface area contributed by atoms with Gasteiger partial charge >= 0.3 is 6.18 Å². The summed E-state index contributed by atoms with van der Waals surface area (Å²) in [6.45, 7) is 1.28. The molecule has 1 saturated heterocycles. The van der Waals surface area contributed by atoms with Gasteiger partial charge in [0.15, 0.2) is 6.19 Å². The summed E-state index contributed by atoms with van der Waals surface area (Å²) in [5.41, 5.74) is 7.75. The fourth-order valence-electron chi connectivity index (χ4n) is 4.54. The zero-order valence-corrected chi connectivity index (χ0v) is 19.4. The number of piperidine rings is 1. The minimum atomic E-state index is -4.54. The van der Waals surface area contributed by atoms with E-state index in [-0.39, 0.29) is 17.4 Å². The third-order valence-electron chi connectivity index (χ3n) is 6.36. The Kier molecular flexibility index (Phi) is 6.12. The van der Waals surface area contributed by atoms with Crippen LogP contribution in [0.4, 0.5) is 24.8 Å². The predicted molar refractivity (Wildman–Crippen MR) is 130 cm³/mol. The summed E-state index contributed by atoms with van der Waals surface area (Å²) in [7, 11) is 0. The number of carbonyl (C=O) groups is 1. The summed E-state index contributed by atoms with van der Waals surface area (Å²) in [6, 6.07) is 8.23. The lowest BCUT2D eigenvalue weighted by Crippen LogP contribution is -2.33. The molecule has 37 heavy (non-hydrogen) atoms. The van der Waals surface area contributed by atoms with E-state index in [9.17, 15) is 23.2 Å². The van der Waals surface area contributed by atoms with Crippen LogP contribution in [0.1, 0.15) is 34.8 Å². The van der Waals surface area contributed by atoms with Crippen LogP contribution in [-0.4, -0.2) is 43.4 Å². The van der Waals surface area contributed by atoms with E-state index in [0.29, 0.717) is 23.4 Å². The molecule has 1 amide bonds. The van der Waals surface area contributed by atoms with E-state index in [2.05, 4.69) is 26.5 Å². The molecule has 9 nitrogen and oxygen atoms in total. The van der Waals surface area contributed by atoms with Gasteiger partial charge in [0.05, 0.1) is 17.0 Å². The van der Waals surface area contributed by atoms with Crippen molar-refractivity contribution in [1.29, 1.82) is 5.26 Å². The smallest absolute Gasteiger partial charge is 0.383 e. The van der Waals surface area contributed by atoms with Crippen molar-refractivity contribution in [2.75, 3.05) is 24.1 Å². The van der Waals surface area contributed by atoms with Crippen molar-refractivity contribution in [1.82, 2.24) is 24.4 Å².